The van der Waals surface area contributed by atoms with Gasteiger partial charge in [-0.05, 0) is 30.2 Å². The summed E-state index contributed by atoms with van der Waals surface area (Å²) in [6.45, 7) is 1.04. The van der Waals surface area contributed by atoms with E-state index in [1.54, 1.807) is 7.11 Å². The van der Waals surface area contributed by atoms with Crippen LogP contribution in [0.5, 0.6) is 5.75 Å². The first-order valence-corrected chi connectivity index (χ1v) is 7.86. The Morgan fingerprint density at radius 1 is 1.09 bits per heavy atom. The van der Waals surface area contributed by atoms with E-state index in [-0.39, 0.29) is 6.03 Å². The third-order valence-electron chi connectivity index (χ3n) is 3.24. The third-order valence-corrected chi connectivity index (χ3v) is 3.77. The average molecular weight is 363 g/mol. The fourth-order valence-corrected chi connectivity index (χ4v) is 2.32. The summed E-state index contributed by atoms with van der Waals surface area (Å²) >= 11 is 3.40. The number of benzene rings is 2. The molecule has 0 saturated heterocycles. The van der Waals surface area contributed by atoms with E-state index in [4.69, 9.17) is 4.74 Å². The van der Waals surface area contributed by atoms with Gasteiger partial charge in [0.05, 0.1) is 7.11 Å². The molecule has 0 unspecified atom stereocenters. The first-order chi connectivity index (χ1) is 10.7. The first-order valence-electron chi connectivity index (χ1n) is 7.07. The molecule has 4 nitrogen and oxygen atoms in total. The number of hydrogen-bond donors (Lipinski definition) is 2. The largest absolute Gasteiger partial charge is 0.496 e. The van der Waals surface area contributed by atoms with Gasteiger partial charge in [-0.1, -0.05) is 46.3 Å². The predicted molar refractivity (Wildman–Crippen MR) is 91.1 cm³/mol. The molecule has 0 aromatic heterocycles. The summed E-state index contributed by atoms with van der Waals surface area (Å²) in [6, 6.07) is 15.5. The summed E-state index contributed by atoms with van der Waals surface area (Å²) in [5, 5.41) is 5.68. The van der Waals surface area contributed by atoms with Gasteiger partial charge < -0.3 is 15.4 Å². The van der Waals surface area contributed by atoms with Crippen LogP contribution in [0.1, 0.15) is 11.1 Å². The van der Waals surface area contributed by atoms with Crippen LogP contribution in [-0.4, -0.2) is 19.7 Å². The van der Waals surface area contributed by atoms with Gasteiger partial charge in [-0.2, -0.15) is 0 Å². The molecule has 0 aliphatic heterocycles. The molecule has 0 aliphatic rings. The van der Waals surface area contributed by atoms with E-state index in [1.807, 2.05) is 48.5 Å². The average Bonchev–Trinajstić information content (AvgIpc) is 2.55. The highest BCUT2D eigenvalue weighted by molar-refractivity contribution is 9.10. The number of rotatable bonds is 6. The minimum absolute atomic E-state index is 0.178. The molecular formula is C17H19BrN2O2. The molecule has 22 heavy (non-hydrogen) atoms. The molecule has 0 radical (unpaired) electrons. The van der Waals surface area contributed by atoms with Gasteiger partial charge >= 0.3 is 6.03 Å². The second-order valence-electron chi connectivity index (χ2n) is 4.80. The smallest absolute Gasteiger partial charge is 0.315 e. The molecular weight excluding hydrogens is 344 g/mol. The standard InChI is InChI=1S/C17H19BrN2O2/c1-22-16-5-3-2-4-14(16)12-20-17(21)19-11-10-13-6-8-15(18)9-7-13/h2-9H,10-12H2,1H3,(H2,19,20,21). The number of halogens is 1. The SMILES string of the molecule is COc1ccccc1CNC(=O)NCCc1ccc(Br)cc1. The van der Waals surface area contributed by atoms with Crippen LogP contribution in [0.4, 0.5) is 4.79 Å². The summed E-state index contributed by atoms with van der Waals surface area (Å²) in [5.41, 5.74) is 2.14. The Kier molecular flexibility index (Phi) is 6.27. The number of nitrogens with one attached hydrogen (secondary N) is 2. The van der Waals surface area contributed by atoms with Crippen molar-refractivity contribution in [1.82, 2.24) is 10.6 Å². The molecule has 0 bridgehead atoms. The van der Waals surface area contributed by atoms with Gasteiger partial charge in [0, 0.05) is 23.1 Å². The lowest BCUT2D eigenvalue weighted by Crippen LogP contribution is -2.36. The van der Waals surface area contributed by atoms with E-state index < -0.39 is 0 Å². The van der Waals surface area contributed by atoms with E-state index in [0.29, 0.717) is 13.1 Å². The molecule has 2 amide bonds. The summed E-state index contributed by atoms with van der Waals surface area (Å²) < 4.78 is 6.31. The number of urea groups is 1. The van der Waals surface area contributed by atoms with Crippen molar-refractivity contribution in [2.75, 3.05) is 13.7 Å². The zero-order valence-corrected chi connectivity index (χ0v) is 14.0. The zero-order valence-electron chi connectivity index (χ0n) is 12.4. The van der Waals surface area contributed by atoms with E-state index in [0.717, 1.165) is 22.2 Å². The Bertz CT molecular complexity index is 614. The molecule has 0 atom stereocenters. The number of ether oxygens (including phenoxy) is 1. The first kappa shape index (κ1) is 16.4. The maximum Gasteiger partial charge on any atom is 0.315 e. The summed E-state index contributed by atoms with van der Waals surface area (Å²) in [4.78, 5) is 11.8. The van der Waals surface area contributed by atoms with Crippen molar-refractivity contribution in [3.63, 3.8) is 0 Å². The van der Waals surface area contributed by atoms with Crippen molar-refractivity contribution in [2.45, 2.75) is 13.0 Å². The molecule has 116 valence electrons. The highest BCUT2D eigenvalue weighted by Gasteiger charge is 2.04. The molecule has 0 spiro atoms. The lowest BCUT2D eigenvalue weighted by atomic mass is 10.1. The molecule has 2 rings (SSSR count). The predicted octanol–water partition coefficient (Wildman–Crippen LogP) is 3.50. The second kappa shape index (κ2) is 8.44. The van der Waals surface area contributed by atoms with Gasteiger partial charge in [0.2, 0.25) is 0 Å². The number of carbonyl (C=O) groups excluding carboxylic acids is 1. The van der Waals surface area contributed by atoms with E-state index >= 15 is 0 Å². The Balaban J connectivity index is 1.73. The molecule has 2 aromatic rings. The minimum atomic E-state index is -0.178. The number of amides is 2. The molecule has 0 fully saturated rings. The van der Waals surface area contributed by atoms with Gasteiger partial charge in [-0.3, -0.25) is 0 Å². The van der Waals surface area contributed by atoms with Crippen molar-refractivity contribution >= 4 is 22.0 Å². The molecule has 2 N–H and O–H groups in total. The van der Waals surface area contributed by atoms with Gasteiger partial charge in [0.25, 0.3) is 0 Å². The quantitative estimate of drug-likeness (QED) is 0.826. The van der Waals surface area contributed by atoms with Crippen LogP contribution in [0.25, 0.3) is 0 Å². The van der Waals surface area contributed by atoms with Gasteiger partial charge in [0.15, 0.2) is 0 Å². The van der Waals surface area contributed by atoms with Gasteiger partial charge in [-0.15, -0.1) is 0 Å². The lowest BCUT2D eigenvalue weighted by Gasteiger charge is -2.10. The van der Waals surface area contributed by atoms with Crippen LogP contribution in [-0.2, 0) is 13.0 Å². The van der Waals surface area contributed by atoms with Crippen LogP contribution in [0.15, 0.2) is 53.0 Å². The third kappa shape index (κ3) is 5.07. The molecule has 2 aromatic carbocycles. The van der Waals surface area contributed by atoms with Crippen molar-refractivity contribution in [3.05, 3.63) is 64.1 Å². The van der Waals surface area contributed by atoms with Crippen LogP contribution in [0.2, 0.25) is 0 Å². The maximum atomic E-state index is 11.8. The highest BCUT2D eigenvalue weighted by atomic mass is 79.9. The molecule has 0 heterocycles. The number of hydrogen-bond acceptors (Lipinski definition) is 2. The Morgan fingerprint density at radius 3 is 2.55 bits per heavy atom. The van der Waals surface area contributed by atoms with Crippen molar-refractivity contribution in [2.24, 2.45) is 0 Å². The van der Waals surface area contributed by atoms with Crippen molar-refractivity contribution in [3.8, 4) is 5.75 Å². The maximum absolute atomic E-state index is 11.8. The van der Waals surface area contributed by atoms with Gasteiger partial charge in [0.1, 0.15) is 5.75 Å². The topological polar surface area (TPSA) is 50.4 Å². The minimum Gasteiger partial charge on any atom is -0.496 e. The van der Waals surface area contributed by atoms with Crippen LogP contribution in [0, 0.1) is 0 Å². The summed E-state index contributed by atoms with van der Waals surface area (Å²) in [6.07, 6.45) is 0.801. The highest BCUT2D eigenvalue weighted by Crippen LogP contribution is 2.16. The lowest BCUT2D eigenvalue weighted by molar-refractivity contribution is 0.240. The van der Waals surface area contributed by atoms with E-state index in [2.05, 4.69) is 26.6 Å². The fourth-order valence-electron chi connectivity index (χ4n) is 2.06. The molecule has 0 saturated carbocycles. The van der Waals surface area contributed by atoms with Crippen molar-refractivity contribution < 1.29 is 9.53 Å². The monoisotopic (exact) mass is 362 g/mol. The van der Waals surface area contributed by atoms with Crippen LogP contribution < -0.4 is 15.4 Å². The number of carbonyl (C=O) groups is 1. The Morgan fingerprint density at radius 2 is 1.82 bits per heavy atom. The Hall–Kier alpha value is -2.01. The number of para-hydroxylation sites is 1. The van der Waals surface area contributed by atoms with E-state index in [9.17, 15) is 4.79 Å². The molecule has 0 aliphatic carbocycles. The van der Waals surface area contributed by atoms with Crippen LogP contribution in [0.3, 0.4) is 0 Å². The summed E-state index contributed by atoms with van der Waals surface area (Å²) in [7, 11) is 1.62. The molecule has 5 heteroatoms. The number of methoxy groups -OCH3 is 1. The zero-order chi connectivity index (χ0) is 15.8. The summed E-state index contributed by atoms with van der Waals surface area (Å²) in [5.74, 6) is 0.776. The fraction of sp³-hybridized carbons (Fsp3) is 0.235. The van der Waals surface area contributed by atoms with Gasteiger partial charge in [-0.25, -0.2) is 4.79 Å². The normalized spacial score (nSPS) is 10.1. The van der Waals surface area contributed by atoms with Crippen molar-refractivity contribution in [1.29, 1.82) is 0 Å². The van der Waals surface area contributed by atoms with E-state index in [1.165, 1.54) is 5.56 Å². The second-order valence-corrected chi connectivity index (χ2v) is 5.71. The van der Waals surface area contributed by atoms with Crippen LogP contribution >= 0.6 is 15.9 Å². The Labute approximate surface area is 139 Å².